The molecule has 0 unspecified atom stereocenters. The maximum Gasteiger partial charge on any atom is 0.338 e. The number of carbonyl (C=O) groups is 1. The third-order valence-electron chi connectivity index (χ3n) is 4.91. The van der Waals surface area contributed by atoms with Gasteiger partial charge in [0.25, 0.3) is 0 Å². The van der Waals surface area contributed by atoms with Gasteiger partial charge in [0.15, 0.2) is 0 Å². The van der Waals surface area contributed by atoms with E-state index >= 15 is 0 Å². The van der Waals surface area contributed by atoms with Crippen molar-refractivity contribution in [2.24, 2.45) is 0 Å². The zero-order valence-corrected chi connectivity index (χ0v) is 18.7. The summed E-state index contributed by atoms with van der Waals surface area (Å²) < 4.78 is 37.5. The summed E-state index contributed by atoms with van der Waals surface area (Å²) in [6.07, 6.45) is 0. The zero-order chi connectivity index (χ0) is 22.8. The highest BCUT2D eigenvalue weighted by Gasteiger charge is 2.17. The zero-order valence-electron chi connectivity index (χ0n) is 17.9. The minimum Gasteiger partial charge on any atom is -0.457 e. The lowest BCUT2D eigenvalue weighted by molar-refractivity contribution is 0.0473. The predicted molar refractivity (Wildman–Crippen MR) is 118 cm³/mol. The Morgan fingerprint density at radius 2 is 1.90 bits per heavy atom. The van der Waals surface area contributed by atoms with Crippen molar-refractivity contribution in [2.75, 3.05) is 6.54 Å². The van der Waals surface area contributed by atoms with Gasteiger partial charge in [-0.25, -0.2) is 22.7 Å². The molecule has 31 heavy (non-hydrogen) atoms. The van der Waals surface area contributed by atoms with Crippen LogP contribution in [0.2, 0.25) is 0 Å². The van der Waals surface area contributed by atoms with Crippen LogP contribution >= 0.6 is 0 Å². The summed E-state index contributed by atoms with van der Waals surface area (Å²) in [4.78, 5) is 24.5. The quantitative estimate of drug-likeness (QED) is 0.439. The summed E-state index contributed by atoms with van der Waals surface area (Å²) in [6, 6.07) is 10.7. The van der Waals surface area contributed by atoms with Gasteiger partial charge in [-0.3, -0.25) is 0 Å². The second-order valence-electron chi connectivity index (χ2n) is 7.56. The molecule has 0 radical (unpaired) electrons. The number of rotatable bonds is 7. The van der Waals surface area contributed by atoms with E-state index in [1.165, 1.54) is 30.3 Å². The van der Waals surface area contributed by atoms with Crippen LogP contribution in [0, 0.1) is 6.92 Å². The molecule has 3 aromatic rings. The number of hydrogen-bond donors (Lipinski definition) is 1. The van der Waals surface area contributed by atoms with Crippen LogP contribution < -0.4 is 10.3 Å². The first-order chi connectivity index (χ1) is 14.6. The predicted octanol–water partition coefficient (Wildman–Crippen LogP) is 3.88. The highest BCUT2D eigenvalue weighted by atomic mass is 32.2. The first kappa shape index (κ1) is 22.7. The van der Waals surface area contributed by atoms with Gasteiger partial charge < -0.3 is 9.15 Å². The van der Waals surface area contributed by atoms with Gasteiger partial charge in [0.05, 0.1) is 10.5 Å². The van der Waals surface area contributed by atoms with E-state index in [9.17, 15) is 18.0 Å². The van der Waals surface area contributed by atoms with Crippen LogP contribution in [0.25, 0.3) is 11.0 Å². The Hall–Kier alpha value is -2.97. The average molecular weight is 444 g/mol. The molecule has 164 valence electrons. The number of fused-ring (bicyclic) bond motifs is 1. The fraction of sp³-hybridized carbons (Fsp3) is 0.304. The number of sulfonamides is 1. The summed E-state index contributed by atoms with van der Waals surface area (Å²) in [5.74, 6) is -0.417. The molecule has 0 bridgehead atoms. The highest BCUT2D eigenvalue weighted by molar-refractivity contribution is 7.89. The van der Waals surface area contributed by atoms with Gasteiger partial charge >= 0.3 is 11.6 Å². The third-order valence-corrected chi connectivity index (χ3v) is 6.46. The Morgan fingerprint density at radius 1 is 1.16 bits per heavy atom. The number of esters is 1. The van der Waals surface area contributed by atoms with E-state index in [4.69, 9.17) is 9.15 Å². The van der Waals surface area contributed by atoms with E-state index in [1.54, 1.807) is 6.92 Å². The smallest absolute Gasteiger partial charge is 0.338 e. The maximum absolute atomic E-state index is 12.6. The summed E-state index contributed by atoms with van der Waals surface area (Å²) in [5, 5.41) is 0.699. The fourth-order valence-corrected chi connectivity index (χ4v) is 4.51. The molecule has 1 N–H and O–H groups in total. The molecule has 0 saturated heterocycles. The Kier molecular flexibility index (Phi) is 6.62. The SMILES string of the molecule is CCNS(=O)(=O)c1cccc(C(=O)OCc2cc(=O)oc3cc(C)c(C(C)C)cc23)c1. The van der Waals surface area contributed by atoms with Crippen molar-refractivity contribution in [2.45, 2.75) is 45.1 Å². The minimum atomic E-state index is -3.70. The van der Waals surface area contributed by atoms with Crippen molar-refractivity contribution in [1.82, 2.24) is 4.72 Å². The molecule has 1 aromatic heterocycles. The van der Waals surface area contributed by atoms with Gasteiger partial charge in [-0.2, -0.15) is 0 Å². The van der Waals surface area contributed by atoms with E-state index in [-0.39, 0.29) is 29.5 Å². The molecule has 3 rings (SSSR count). The van der Waals surface area contributed by atoms with E-state index in [0.29, 0.717) is 16.5 Å². The number of ether oxygens (including phenoxy) is 1. The van der Waals surface area contributed by atoms with E-state index in [1.807, 2.05) is 19.1 Å². The van der Waals surface area contributed by atoms with Crippen molar-refractivity contribution in [3.8, 4) is 0 Å². The Balaban J connectivity index is 1.90. The Morgan fingerprint density at radius 3 is 2.58 bits per heavy atom. The van der Waals surface area contributed by atoms with Gasteiger partial charge in [0.2, 0.25) is 10.0 Å². The van der Waals surface area contributed by atoms with Crippen molar-refractivity contribution in [1.29, 1.82) is 0 Å². The topological polar surface area (TPSA) is 103 Å². The van der Waals surface area contributed by atoms with Gasteiger partial charge in [-0.1, -0.05) is 26.8 Å². The Bertz CT molecular complexity index is 1290. The highest BCUT2D eigenvalue weighted by Crippen LogP contribution is 2.27. The monoisotopic (exact) mass is 443 g/mol. The summed E-state index contributed by atoms with van der Waals surface area (Å²) >= 11 is 0. The maximum atomic E-state index is 12.6. The fourth-order valence-electron chi connectivity index (χ4n) is 3.42. The van der Waals surface area contributed by atoms with Crippen molar-refractivity contribution < 1.29 is 22.4 Å². The number of benzene rings is 2. The molecule has 0 fully saturated rings. The molecule has 1 heterocycles. The number of hydrogen-bond acceptors (Lipinski definition) is 6. The first-order valence-corrected chi connectivity index (χ1v) is 11.4. The van der Waals surface area contributed by atoms with Gasteiger partial charge in [-0.15, -0.1) is 0 Å². The molecule has 0 aliphatic carbocycles. The van der Waals surface area contributed by atoms with Crippen LogP contribution in [0.1, 0.15) is 53.7 Å². The van der Waals surface area contributed by atoms with Crippen LogP contribution in [0.4, 0.5) is 0 Å². The van der Waals surface area contributed by atoms with Crippen LogP contribution in [0.3, 0.4) is 0 Å². The molecule has 7 nitrogen and oxygen atoms in total. The van der Waals surface area contributed by atoms with Crippen LogP contribution in [-0.2, 0) is 21.4 Å². The minimum absolute atomic E-state index is 0.0216. The first-order valence-electron chi connectivity index (χ1n) is 9.96. The summed E-state index contributed by atoms with van der Waals surface area (Å²) in [6.45, 7) is 7.85. The van der Waals surface area contributed by atoms with Gasteiger partial charge in [0, 0.05) is 23.6 Å². The molecule has 0 aliphatic rings. The summed E-state index contributed by atoms with van der Waals surface area (Å²) in [7, 11) is -3.70. The van der Waals surface area contributed by atoms with Gasteiger partial charge in [-0.05, 0) is 54.3 Å². The number of aryl methyl sites for hydroxylation is 1. The van der Waals surface area contributed by atoms with E-state index < -0.39 is 21.6 Å². The standard InChI is InChI=1S/C23H25NO6S/c1-5-24-31(27,28)18-8-6-7-16(10-18)23(26)29-13-17-11-22(25)30-21-9-15(4)19(14(2)3)12-20(17)21/h6-12,14,24H,5,13H2,1-4H3. The third kappa shape index (κ3) is 5.03. The van der Waals surface area contributed by atoms with Crippen molar-refractivity contribution in [3.63, 3.8) is 0 Å². The van der Waals surface area contributed by atoms with E-state index in [2.05, 4.69) is 18.6 Å². The lowest BCUT2D eigenvalue weighted by atomic mass is 9.95. The number of carbonyl (C=O) groups excluding carboxylic acids is 1. The second kappa shape index (κ2) is 9.03. The molecule has 0 amide bonds. The molecule has 0 aliphatic heterocycles. The largest absolute Gasteiger partial charge is 0.457 e. The molecule has 2 aromatic carbocycles. The summed E-state index contributed by atoms with van der Waals surface area (Å²) in [5.41, 5.74) is 2.64. The van der Waals surface area contributed by atoms with Crippen LogP contribution in [0.5, 0.6) is 0 Å². The van der Waals surface area contributed by atoms with Gasteiger partial charge in [0.1, 0.15) is 12.2 Å². The van der Waals surface area contributed by atoms with Crippen LogP contribution in [0.15, 0.2) is 56.6 Å². The van der Waals surface area contributed by atoms with Crippen molar-refractivity contribution >= 4 is 27.0 Å². The lowest BCUT2D eigenvalue weighted by Crippen LogP contribution is -2.23. The lowest BCUT2D eigenvalue weighted by Gasteiger charge is -2.13. The molecule has 0 saturated carbocycles. The number of nitrogens with one attached hydrogen (secondary N) is 1. The van der Waals surface area contributed by atoms with Crippen molar-refractivity contribution in [3.05, 3.63) is 75.1 Å². The molecule has 8 heteroatoms. The average Bonchev–Trinajstić information content (AvgIpc) is 2.71. The van der Waals surface area contributed by atoms with Crippen LogP contribution in [-0.4, -0.2) is 20.9 Å². The molecular formula is C23H25NO6S. The molecular weight excluding hydrogens is 418 g/mol. The molecule has 0 atom stereocenters. The second-order valence-corrected chi connectivity index (χ2v) is 9.32. The molecule has 0 spiro atoms. The van der Waals surface area contributed by atoms with E-state index in [0.717, 1.165) is 11.1 Å². The Labute approximate surface area is 181 Å². The normalized spacial score (nSPS) is 11.8.